The van der Waals surface area contributed by atoms with E-state index in [1.807, 2.05) is 60.7 Å². The smallest absolute Gasteiger partial charge is 0.408 e. The Hall–Kier alpha value is -2.82. The molecule has 0 saturated heterocycles. The zero-order valence-electron chi connectivity index (χ0n) is 14.1. The third-order valence-corrected chi connectivity index (χ3v) is 3.85. The molecule has 0 fully saturated rings. The molecule has 0 aromatic heterocycles. The van der Waals surface area contributed by atoms with Crippen molar-refractivity contribution in [1.29, 1.82) is 0 Å². The van der Waals surface area contributed by atoms with Gasteiger partial charge < -0.3 is 15.2 Å². The Morgan fingerprint density at radius 1 is 0.920 bits per heavy atom. The highest BCUT2D eigenvalue weighted by molar-refractivity contribution is 5.79. The van der Waals surface area contributed by atoms with Crippen molar-refractivity contribution in [2.45, 2.75) is 38.3 Å². The largest absolute Gasteiger partial charge is 0.480 e. The van der Waals surface area contributed by atoms with Crippen molar-refractivity contribution in [2.75, 3.05) is 0 Å². The summed E-state index contributed by atoms with van der Waals surface area (Å²) in [6.07, 6.45) is 2.15. The number of alkyl carbamates (subject to hydrolysis) is 1. The summed E-state index contributed by atoms with van der Waals surface area (Å²) in [5, 5.41) is 11.7. The van der Waals surface area contributed by atoms with E-state index in [1.165, 1.54) is 5.56 Å². The summed E-state index contributed by atoms with van der Waals surface area (Å²) >= 11 is 0. The Balaban J connectivity index is 1.70. The van der Waals surface area contributed by atoms with Gasteiger partial charge in [0, 0.05) is 0 Å². The number of carboxylic acid groups (broad SMARTS) is 1. The number of amides is 1. The molecule has 2 aromatic carbocycles. The topological polar surface area (TPSA) is 75.6 Å². The highest BCUT2D eigenvalue weighted by Gasteiger charge is 2.20. The van der Waals surface area contributed by atoms with Gasteiger partial charge in [-0.25, -0.2) is 9.59 Å². The van der Waals surface area contributed by atoms with Gasteiger partial charge in [-0.05, 0) is 30.4 Å². The minimum Gasteiger partial charge on any atom is -0.480 e. The Kier molecular flexibility index (Phi) is 7.50. The van der Waals surface area contributed by atoms with E-state index in [4.69, 9.17) is 4.74 Å². The summed E-state index contributed by atoms with van der Waals surface area (Å²) in [4.78, 5) is 23.1. The summed E-state index contributed by atoms with van der Waals surface area (Å²) in [6.45, 7) is 0.118. The number of aliphatic carboxylic acids is 1. The van der Waals surface area contributed by atoms with E-state index in [-0.39, 0.29) is 6.61 Å². The highest BCUT2D eigenvalue weighted by Crippen LogP contribution is 2.09. The second kappa shape index (κ2) is 10.1. The van der Waals surface area contributed by atoms with Gasteiger partial charge in [0.05, 0.1) is 0 Å². The molecule has 1 amide bonds. The molecule has 0 saturated carbocycles. The zero-order valence-corrected chi connectivity index (χ0v) is 14.1. The molecule has 2 rings (SSSR count). The third kappa shape index (κ3) is 7.08. The van der Waals surface area contributed by atoms with Crippen LogP contribution in [0.15, 0.2) is 60.7 Å². The van der Waals surface area contributed by atoms with Crippen LogP contribution in [0, 0.1) is 0 Å². The lowest BCUT2D eigenvalue weighted by Crippen LogP contribution is -2.41. The predicted molar refractivity (Wildman–Crippen MR) is 95.2 cm³/mol. The van der Waals surface area contributed by atoms with Gasteiger partial charge in [0.15, 0.2) is 0 Å². The van der Waals surface area contributed by atoms with Gasteiger partial charge in [-0.3, -0.25) is 0 Å². The number of carbonyl (C=O) groups excluding carboxylic acids is 1. The van der Waals surface area contributed by atoms with E-state index in [9.17, 15) is 14.7 Å². The maximum absolute atomic E-state index is 11.8. The van der Waals surface area contributed by atoms with Crippen LogP contribution in [-0.4, -0.2) is 23.2 Å². The molecule has 5 heteroatoms. The average Bonchev–Trinajstić information content (AvgIpc) is 2.64. The fraction of sp³-hybridized carbons (Fsp3) is 0.300. The van der Waals surface area contributed by atoms with Crippen LogP contribution < -0.4 is 5.32 Å². The van der Waals surface area contributed by atoms with Crippen LogP contribution >= 0.6 is 0 Å². The number of carbonyl (C=O) groups is 2. The fourth-order valence-electron chi connectivity index (χ4n) is 2.49. The fourth-order valence-corrected chi connectivity index (χ4v) is 2.49. The van der Waals surface area contributed by atoms with Crippen molar-refractivity contribution in [3.8, 4) is 0 Å². The maximum Gasteiger partial charge on any atom is 0.408 e. The minimum atomic E-state index is -1.05. The first kappa shape index (κ1) is 18.5. The summed E-state index contributed by atoms with van der Waals surface area (Å²) in [5.41, 5.74) is 2.08. The first-order valence-corrected chi connectivity index (χ1v) is 8.39. The molecule has 0 aliphatic carbocycles. The molecule has 2 aromatic rings. The van der Waals surface area contributed by atoms with Gasteiger partial charge in [-0.1, -0.05) is 67.1 Å². The Morgan fingerprint density at radius 3 is 2.12 bits per heavy atom. The molecule has 1 atom stereocenters. The van der Waals surface area contributed by atoms with E-state index >= 15 is 0 Å². The molecule has 5 nitrogen and oxygen atoms in total. The molecule has 0 heterocycles. The first-order valence-electron chi connectivity index (χ1n) is 8.39. The normalized spacial score (nSPS) is 11.5. The van der Waals surface area contributed by atoms with Gasteiger partial charge in [-0.2, -0.15) is 0 Å². The van der Waals surface area contributed by atoms with Crippen LogP contribution in [0.2, 0.25) is 0 Å². The lowest BCUT2D eigenvalue weighted by atomic mass is 10.0. The van der Waals surface area contributed by atoms with Crippen LogP contribution in [-0.2, 0) is 22.6 Å². The molecular weight excluding hydrogens is 318 g/mol. The molecule has 2 N–H and O–H groups in total. The summed E-state index contributed by atoms with van der Waals surface area (Å²) in [7, 11) is 0. The number of ether oxygens (including phenoxy) is 1. The average molecular weight is 341 g/mol. The summed E-state index contributed by atoms with van der Waals surface area (Å²) < 4.78 is 5.07. The Bertz CT molecular complexity index is 658. The molecule has 0 spiro atoms. The van der Waals surface area contributed by atoms with Gasteiger partial charge in [0.25, 0.3) is 0 Å². The second-order valence-electron chi connectivity index (χ2n) is 5.83. The number of unbranched alkanes of at least 4 members (excludes halogenated alkanes) is 1. The molecule has 0 aliphatic rings. The molecular formula is C20H23NO4. The number of rotatable bonds is 9. The van der Waals surface area contributed by atoms with E-state index in [0.717, 1.165) is 18.4 Å². The predicted octanol–water partition coefficient (Wildman–Crippen LogP) is 3.78. The SMILES string of the molecule is O=C(NC(CCCCc1ccccc1)C(=O)O)OCc1ccccc1. The van der Waals surface area contributed by atoms with Gasteiger partial charge in [0.1, 0.15) is 12.6 Å². The Morgan fingerprint density at radius 2 is 1.52 bits per heavy atom. The van der Waals surface area contributed by atoms with E-state index in [1.54, 1.807) is 0 Å². The van der Waals surface area contributed by atoms with Crippen LogP contribution in [0.25, 0.3) is 0 Å². The standard InChI is InChI=1S/C20H23NO4/c22-19(23)18(14-8-7-11-16-9-3-1-4-10-16)21-20(24)25-15-17-12-5-2-6-13-17/h1-6,9-10,12-13,18H,7-8,11,14-15H2,(H,21,24)(H,22,23). The zero-order chi connectivity index (χ0) is 17.9. The maximum atomic E-state index is 11.8. The van der Waals surface area contributed by atoms with E-state index < -0.39 is 18.1 Å². The minimum absolute atomic E-state index is 0.118. The summed E-state index contributed by atoms with van der Waals surface area (Å²) in [6, 6.07) is 18.4. The van der Waals surface area contributed by atoms with Crippen molar-refractivity contribution in [3.63, 3.8) is 0 Å². The van der Waals surface area contributed by atoms with Crippen molar-refractivity contribution >= 4 is 12.1 Å². The molecule has 25 heavy (non-hydrogen) atoms. The molecule has 132 valence electrons. The van der Waals surface area contributed by atoms with Crippen LogP contribution in [0.4, 0.5) is 4.79 Å². The van der Waals surface area contributed by atoms with Gasteiger partial charge in [-0.15, -0.1) is 0 Å². The second-order valence-corrected chi connectivity index (χ2v) is 5.83. The quantitative estimate of drug-likeness (QED) is 0.681. The Labute approximate surface area is 147 Å². The van der Waals surface area contributed by atoms with Crippen molar-refractivity contribution in [1.82, 2.24) is 5.32 Å². The number of aryl methyl sites for hydroxylation is 1. The number of benzene rings is 2. The summed E-state index contributed by atoms with van der Waals surface area (Å²) in [5.74, 6) is -1.05. The highest BCUT2D eigenvalue weighted by atomic mass is 16.5. The van der Waals surface area contributed by atoms with Crippen LogP contribution in [0.5, 0.6) is 0 Å². The van der Waals surface area contributed by atoms with Gasteiger partial charge >= 0.3 is 12.1 Å². The molecule has 0 bridgehead atoms. The number of carboxylic acids is 1. The van der Waals surface area contributed by atoms with E-state index in [0.29, 0.717) is 12.8 Å². The van der Waals surface area contributed by atoms with Crippen molar-refractivity contribution < 1.29 is 19.4 Å². The van der Waals surface area contributed by atoms with Crippen LogP contribution in [0.3, 0.4) is 0 Å². The van der Waals surface area contributed by atoms with Crippen molar-refractivity contribution in [3.05, 3.63) is 71.8 Å². The van der Waals surface area contributed by atoms with Crippen molar-refractivity contribution in [2.24, 2.45) is 0 Å². The van der Waals surface area contributed by atoms with Crippen LogP contribution in [0.1, 0.15) is 30.4 Å². The number of hydrogen-bond donors (Lipinski definition) is 2. The lowest BCUT2D eigenvalue weighted by Gasteiger charge is -2.14. The lowest BCUT2D eigenvalue weighted by molar-refractivity contribution is -0.139. The van der Waals surface area contributed by atoms with Gasteiger partial charge in [0.2, 0.25) is 0 Å². The monoisotopic (exact) mass is 341 g/mol. The van der Waals surface area contributed by atoms with E-state index in [2.05, 4.69) is 5.32 Å². The molecule has 1 unspecified atom stereocenters. The molecule has 0 aliphatic heterocycles. The first-order chi connectivity index (χ1) is 12.1. The number of hydrogen-bond acceptors (Lipinski definition) is 3. The third-order valence-electron chi connectivity index (χ3n) is 3.85. The molecule has 0 radical (unpaired) electrons. The number of nitrogens with one attached hydrogen (secondary N) is 1.